The van der Waals surface area contributed by atoms with E-state index in [-0.39, 0.29) is 10.7 Å². The van der Waals surface area contributed by atoms with Crippen LogP contribution in [0, 0.1) is 6.92 Å². The fourth-order valence-corrected chi connectivity index (χ4v) is 2.85. The number of carbonyl (C=O) groups is 2. The van der Waals surface area contributed by atoms with Gasteiger partial charge >= 0.3 is 0 Å². The summed E-state index contributed by atoms with van der Waals surface area (Å²) in [6.07, 6.45) is 1.43. The predicted molar refractivity (Wildman–Crippen MR) is 100 cm³/mol. The molecule has 25 heavy (non-hydrogen) atoms. The highest BCUT2D eigenvalue weighted by Gasteiger charge is 2.34. The number of rotatable bonds is 3. The van der Waals surface area contributed by atoms with Gasteiger partial charge in [0.05, 0.1) is 5.69 Å². The molecule has 1 aromatic carbocycles. The topological polar surface area (TPSA) is 62.6 Å². The number of thiocarbonyl (C=S) groups is 1. The summed E-state index contributed by atoms with van der Waals surface area (Å²) in [4.78, 5) is 26.4. The number of furan rings is 1. The minimum atomic E-state index is -0.529. The zero-order valence-corrected chi connectivity index (χ0v) is 15.0. The highest BCUT2D eigenvalue weighted by Crippen LogP contribution is 2.24. The summed E-state index contributed by atoms with van der Waals surface area (Å²) < 4.78 is 5.43. The van der Waals surface area contributed by atoms with E-state index in [4.69, 9.17) is 16.6 Å². The van der Waals surface area contributed by atoms with Gasteiger partial charge in [-0.05, 0) is 61.0 Å². The third kappa shape index (κ3) is 3.39. The predicted octanol–water partition coefficient (Wildman–Crippen LogP) is 3.54. The minimum Gasteiger partial charge on any atom is -0.462 e. The van der Waals surface area contributed by atoms with Crippen LogP contribution in [-0.2, 0) is 9.59 Å². The maximum Gasteiger partial charge on any atom is 0.270 e. The normalized spacial score (nSPS) is 16.7. The molecule has 6 heteroatoms. The molecule has 5 nitrogen and oxygen atoms in total. The summed E-state index contributed by atoms with van der Waals surface area (Å²) in [5.41, 5.74) is 1.75. The van der Waals surface area contributed by atoms with E-state index < -0.39 is 11.8 Å². The Balaban J connectivity index is 1.96. The molecule has 0 bridgehead atoms. The van der Waals surface area contributed by atoms with E-state index in [0.717, 1.165) is 5.56 Å². The van der Waals surface area contributed by atoms with Crippen LogP contribution in [0.3, 0.4) is 0 Å². The van der Waals surface area contributed by atoms with Crippen LogP contribution in [0.2, 0.25) is 0 Å². The van der Waals surface area contributed by atoms with Gasteiger partial charge in [-0.25, -0.2) is 0 Å². The van der Waals surface area contributed by atoms with Crippen LogP contribution in [0.4, 0.5) is 5.69 Å². The van der Waals surface area contributed by atoms with Gasteiger partial charge in [-0.2, -0.15) is 0 Å². The van der Waals surface area contributed by atoms with Gasteiger partial charge in [0.2, 0.25) is 0 Å². The average Bonchev–Trinajstić information content (AvgIpc) is 2.97. The first-order valence-corrected chi connectivity index (χ1v) is 8.35. The lowest BCUT2D eigenvalue weighted by molar-refractivity contribution is -0.122. The zero-order valence-electron chi connectivity index (χ0n) is 14.2. The first kappa shape index (κ1) is 17.1. The monoisotopic (exact) mass is 354 g/mol. The van der Waals surface area contributed by atoms with Crippen molar-refractivity contribution in [1.82, 2.24) is 5.32 Å². The van der Waals surface area contributed by atoms with Gasteiger partial charge in [-0.3, -0.25) is 19.8 Å². The highest BCUT2D eigenvalue weighted by molar-refractivity contribution is 7.80. The molecular formula is C19H18N2O3S. The van der Waals surface area contributed by atoms with Crippen molar-refractivity contribution in [3.05, 3.63) is 59.1 Å². The standard InChI is InChI=1S/C19H18N2O3S/c1-11(2)13-5-7-14(8-6-13)21-18(23)16(17(22)20-19(21)25)10-15-9-4-12(3)24-15/h4-11H,1-3H3,(H,20,22,25)/b16-10-. The molecule has 0 spiro atoms. The summed E-state index contributed by atoms with van der Waals surface area (Å²) in [6, 6.07) is 11.0. The van der Waals surface area contributed by atoms with Crippen LogP contribution in [0.5, 0.6) is 0 Å². The third-order valence-corrected chi connectivity index (χ3v) is 4.25. The van der Waals surface area contributed by atoms with Crippen molar-refractivity contribution in [2.45, 2.75) is 26.7 Å². The Hall–Kier alpha value is -2.73. The molecule has 128 valence electrons. The molecule has 1 aliphatic rings. The SMILES string of the molecule is Cc1ccc(/C=C2/C(=O)NC(=S)N(c3ccc(C(C)C)cc3)C2=O)o1. The van der Waals surface area contributed by atoms with Gasteiger partial charge in [-0.15, -0.1) is 0 Å². The number of carbonyl (C=O) groups excluding carboxylic acids is 2. The first-order chi connectivity index (χ1) is 11.9. The molecule has 2 amide bonds. The fourth-order valence-electron chi connectivity index (χ4n) is 2.57. The van der Waals surface area contributed by atoms with E-state index in [9.17, 15) is 9.59 Å². The molecule has 1 aromatic heterocycles. The second kappa shape index (κ2) is 6.64. The third-order valence-electron chi connectivity index (χ3n) is 3.97. The molecule has 2 heterocycles. The Morgan fingerprint density at radius 3 is 2.36 bits per heavy atom. The average molecular weight is 354 g/mol. The fraction of sp³-hybridized carbons (Fsp3) is 0.211. The van der Waals surface area contributed by atoms with E-state index in [0.29, 0.717) is 23.1 Å². The molecule has 0 saturated carbocycles. The van der Waals surface area contributed by atoms with Crippen LogP contribution in [0.15, 0.2) is 46.4 Å². The number of nitrogens with zero attached hydrogens (tertiary/aromatic N) is 1. The number of anilines is 1. The second-order valence-corrected chi connectivity index (χ2v) is 6.54. The van der Waals surface area contributed by atoms with Crippen molar-refractivity contribution in [3.8, 4) is 0 Å². The van der Waals surface area contributed by atoms with E-state index in [1.807, 2.05) is 24.3 Å². The molecule has 0 atom stereocenters. The van der Waals surface area contributed by atoms with Gasteiger partial charge < -0.3 is 4.42 Å². The minimum absolute atomic E-state index is 0.0177. The second-order valence-electron chi connectivity index (χ2n) is 6.15. The molecule has 1 aliphatic heterocycles. The number of hydrogen-bond donors (Lipinski definition) is 1. The Bertz CT molecular complexity index is 878. The summed E-state index contributed by atoms with van der Waals surface area (Å²) in [6.45, 7) is 5.98. The van der Waals surface area contributed by atoms with Crippen molar-refractivity contribution in [3.63, 3.8) is 0 Å². The number of amides is 2. The lowest BCUT2D eigenvalue weighted by Gasteiger charge is -2.29. The Kier molecular flexibility index (Phi) is 4.55. The van der Waals surface area contributed by atoms with E-state index in [1.165, 1.54) is 11.0 Å². The summed E-state index contributed by atoms with van der Waals surface area (Å²) >= 11 is 5.19. The molecule has 2 aromatic rings. The highest BCUT2D eigenvalue weighted by atomic mass is 32.1. The molecule has 0 aliphatic carbocycles. The quantitative estimate of drug-likeness (QED) is 0.520. The molecule has 1 fully saturated rings. The number of benzene rings is 1. The van der Waals surface area contributed by atoms with E-state index in [2.05, 4.69) is 19.2 Å². The van der Waals surface area contributed by atoms with Crippen LogP contribution < -0.4 is 10.2 Å². The van der Waals surface area contributed by atoms with E-state index in [1.54, 1.807) is 19.1 Å². The molecular weight excluding hydrogens is 336 g/mol. The maximum absolute atomic E-state index is 12.8. The van der Waals surface area contributed by atoms with Gasteiger partial charge in [0.15, 0.2) is 5.11 Å². The van der Waals surface area contributed by atoms with Gasteiger partial charge in [-0.1, -0.05) is 26.0 Å². The largest absolute Gasteiger partial charge is 0.462 e. The first-order valence-electron chi connectivity index (χ1n) is 7.94. The summed E-state index contributed by atoms with van der Waals surface area (Å²) in [5.74, 6) is 0.528. The molecule has 3 rings (SSSR count). The maximum atomic E-state index is 12.8. The van der Waals surface area contributed by atoms with E-state index >= 15 is 0 Å². The number of hydrogen-bond acceptors (Lipinski definition) is 4. The van der Waals surface area contributed by atoms with Crippen molar-refractivity contribution < 1.29 is 14.0 Å². The van der Waals surface area contributed by atoms with Crippen molar-refractivity contribution >= 4 is 40.9 Å². The van der Waals surface area contributed by atoms with Crippen molar-refractivity contribution in [1.29, 1.82) is 0 Å². The molecule has 1 N–H and O–H groups in total. The van der Waals surface area contributed by atoms with Crippen molar-refractivity contribution in [2.24, 2.45) is 0 Å². The summed E-state index contributed by atoms with van der Waals surface area (Å²) in [5, 5.41) is 2.63. The van der Waals surface area contributed by atoms with Crippen LogP contribution >= 0.6 is 12.2 Å². The molecule has 1 saturated heterocycles. The van der Waals surface area contributed by atoms with Crippen LogP contribution in [-0.4, -0.2) is 16.9 Å². The smallest absolute Gasteiger partial charge is 0.270 e. The Labute approximate surface area is 151 Å². The van der Waals surface area contributed by atoms with Gasteiger partial charge in [0.25, 0.3) is 11.8 Å². The summed E-state index contributed by atoms with van der Waals surface area (Å²) in [7, 11) is 0. The van der Waals surface area contributed by atoms with Crippen LogP contribution in [0.25, 0.3) is 6.08 Å². The number of nitrogens with one attached hydrogen (secondary N) is 1. The Morgan fingerprint density at radius 1 is 1.12 bits per heavy atom. The van der Waals surface area contributed by atoms with Gasteiger partial charge in [0.1, 0.15) is 17.1 Å². The zero-order chi connectivity index (χ0) is 18.1. The van der Waals surface area contributed by atoms with Crippen molar-refractivity contribution in [2.75, 3.05) is 4.90 Å². The Morgan fingerprint density at radius 2 is 1.80 bits per heavy atom. The molecule has 0 radical (unpaired) electrons. The van der Waals surface area contributed by atoms with Gasteiger partial charge in [0, 0.05) is 0 Å². The lowest BCUT2D eigenvalue weighted by Crippen LogP contribution is -2.54. The number of aryl methyl sites for hydroxylation is 1. The molecule has 0 unspecified atom stereocenters. The van der Waals surface area contributed by atoms with Crippen LogP contribution in [0.1, 0.15) is 36.8 Å². The lowest BCUT2D eigenvalue weighted by atomic mass is 10.0.